The van der Waals surface area contributed by atoms with Gasteiger partial charge in [0.1, 0.15) is 5.37 Å². The van der Waals surface area contributed by atoms with Gasteiger partial charge >= 0.3 is 0 Å². The Bertz CT molecular complexity index is 607. The van der Waals surface area contributed by atoms with Crippen molar-refractivity contribution in [2.24, 2.45) is 0 Å². The molecule has 1 aliphatic heterocycles. The number of thioether (sulfide) groups is 1. The summed E-state index contributed by atoms with van der Waals surface area (Å²) in [6.07, 6.45) is 1.90. The van der Waals surface area contributed by atoms with Gasteiger partial charge in [-0.05, 0) is 17.2 Å². The van der Waals surface area contributed by atoms with E-state index >= 15 is 0 Å². The first-order chi connectivity index (χ1) is 9.33. The van der Waals surface area contributed by atoms with Crippen molar-refractivity contribution < 1.29 is 4.79 Å². The minimum absolute atomic E-state index is 0.0173. The van der Waals surface area contributed by atoms with Crippen molar-refractivity contribution in [2.75, 3.05) is 0 Å². The van der Waals surface area contributed by atoms with Crippen LogP contribution in [-0.4, -0.2) is 5.12 Å². The Labute approximate surface area is 116 Å². The molecule has 1 N–H and O–H groups in total. The van der Waals surface area contributed by atoms with Crippen LogP contribution in [0.15, 0.2) is 66.4 Å². The Morgan fingerprint density at radius 2 is 1.58 bits per heavy atom. The summed E-state index contributed by atoms with van der Waals surface area (Å²) in [6.45, 7) is 0. The first kappa shape index (κ1) is 12.1. The predicted molar refractivity (Wildman–Crippen MR) is 79.3 cm³/mol. The highest BCUT2D eigenvalue weighted by Gasteiger charge is 2.28. The van der Waals surface area contributed by atoms with Crippen molar-refractivity contribution in [1.82, 2.24) is 5.32 Å². The van der Waals surface area contributed by atoms with Gasteiger partial charge in [0.15, 0.2) is 0 Å². The van der Waals surface area contributed by atoms with Crippen molar-refractivity contribution >= 4 is 23.0 Å². The van der Waals surface area contributed by atoms with Gasteiger partial charge in [0.2, 0.25) is 5.12 Å². The molecule has 0 aliphatic carbocycles. The van der Waals surface area contributed by atoms with E-state index in [0.29, 0.717) is 5.70 Å². The molecule has 1 heterocycles. The van der Waals surface area contributed by atoms with E-state index in [0.717, 1.165) is 11.1 Å². The summed E-state index contributed by atoms with van der Waals surface area (Å²) < 4.78 is 0. The summed E-state index contributed by atoms with van der Waals surface area (Å²) >= 11 is 1.33. The minimum atomic E-state index is 0.0173. The van der Waals surface area contributed by atoms with Crippen LogP contribution in [-0.2, 0) is 4.79 Å². The molecule has 2 aromatic rings. The molecule has 0 bridgehead atoms. The largest absolute Gasteiger partial charge is 0.365 e. The fraction of sp³-hybridized carbons (Fsp3) is 0.0625. The van der Waals surface area contributed by atoms with Crippen molar-refractivity contribution in [1.29, 1.82) is 0 Å². The van der Waals surface area contributed by atoms with Crippen molar-refractivity contribution in [2.45, 2.75) is 5.37 Å². The summed E-state index contributed by atoms with van der Waals surface area (Å²) in [6, 6.07) is 19.9. The van der Waals surface area contributed by atoms with E-state index < -0.39 is 0 Å². The lowest BCUT2D eigenvalue weighted by Crippen LogP contribution is -2.11. The van der Waals surface area contributed by atoms with Gasteiger partial charge in [-0.2, -0.15) is 0 Å². The van der Waals surface area contributed by atoms with Crippen LogP contribution in [0.25, 0.3) is 6.08 Å². The van der Waals surface area contributed by atoms with Gasteiger partial charge in [0.25, 0.3) is 0 Å². The Kier molecular flexibility index (Phi) is 3.38. The van der Waals surface area contributed by atoms with Crippen LogP contribution in [0.4, 0.5) is 0 Å². The smallest absolute Gasteiger partial charge is 0.237 e. The molecular formula is C16H13NOS. The molecular weight excluding hydrogens is 254 g/mol. The van der Waals surface area contributed by atoms with Gasteiger partial charge in [0.05, 0.1) is 5.70 Å². The third-order valence-electron chi connectivity index (χ3n) is 2.94. The maximum atomic E-state index is 12.0. The molecule has 3 heteroatoms. The Balaban J connectivity index is 1.83. The summed E-state index contributed by atoms with van der Waals surface area (Å²) in [4.78, 5) is 12.0. The van der Waals surface area contributed by atoms with Crippen LogP contribution in [0, 0.1) is 0 Å². The normalized spacial score (nSPS) is 20.5. The van der Waals surface area contributed by atoms with E-state index in [1.807, 2.05) is 66.7 Å². The zero-order valence-corrected chi connectivity index (χ0v) is 11.1. The van der Waals surface area contributed by atoms with Crippen LogP contribution in [0.2, 0.25) is 0 Å². The Hall–Kier alpha value is -2.00. The summed E-state index contributed by atoms with van der Waals surface area (Å²) in [5.74, 6) is 0. The molecule has 2 aromatic carbocycles. The predicted octanol–water partition coefficient (Wildman–Crippen LogP) is 3.59. The highest BCUT2D eigenvalue weighted by atomic mass is 32.2. The van der Waals surface area contributed by atoms with Gasteiger partial charge < -0.3 is 5.32 Å². The molecule has 94 valence electrons. The number of hydrogen-bond acceptors (Lipinski definition) is 3. The molecule has 1 saturated heterocycles. The first-order valence-corrected chi connectivity index (χ1v) is 7.00. The zero-order chi connectivity index (χ0) is 13.1. The minimum Gasteiger partial charge on any atom is -0.365 e. The number of hydrogen-bond donors (Lipinski definition) is 1. The number of carbonyl (C=O) groups excluding carboxylic acids is 1. The lowest BCUT2D eigenvalue weighted by Gasteiger charge is -2.08. The lowest BCUT2D eigenvalue weighted by atomic mass is 10.2. The summed E-state index contributed by atoms with van der Waals surface area (Å²) in [5.41, 5.74) is 2.83. The second-order valence-corrected chi connectivity index (χ2v) is 5.39. The van der Waals surface area contributed by atoms with Crippen LogP contribution >= 0.6 is 11.8 Å². The van der Waals surface area contributed by atoms with Gasteiger partial charge in [-0.15, -0.1) is 0 Å². The second-order valence-electron chi connectivity index (χ2n) is 4.31. The third kappa shape index (κ3) is 2.71. The topological polar surface area (TPSA) is 29.1 Å². The zero-order valence-electron chi connectivity index (χ0n) is 10.2. The van der Waals surface area contributed by atoms with E-state index in [9.17, 15) is 4.79 Å². The molecule has 0 saturated carbocycles. The van der Waals surface area contributed by atoms with Gasteiger partial charge in [-0.1, -0.05) is 72.4 Å². The maximum Gasteiger partial charge on any atom is 0.237 e. The molecule has 2 nitrogen and oxygen atoms in total. The van der Waals surface area contributed by atoms with Crippen LogP contribution in [0.1, 0.15) is 16.5 Å². The van der Waals surface area contributed by atoms with Crippen molar-refractivity contribution in [3.63, 3.8) is 0 Å². The molecule has 0 radical (unpaired) electrons. The standard InChI is InChI=1S/C16H13NOS/c18-16-14(11-12-7-3-1-4-8-12)17-15(19-16)13-9-5-2-6-10-13/h1-11,15,17H. The average molecular weight is 267 g/mol. The maximum absolute atomic E-state index is 12.0. The van der Waals surface area contributed by atoms with Crippen LogP contribution < -0.4 is 5.32 Å². The molecule has 0 aromatic heterocycles. The fourth-order valence-corrected chi connectivity index (χ4v) is 2.93. The van der Waals surface area contributed by atoms with Gasteiger partial charge in [-0.25, -0.2) is 0 Å². The highest BCUT2D eigenvalue weighted by molar-refractivity contribution is 8.14. The molecule has 1 atom stereocenters. The molecule has 19 heavy (non-hydrogen) atoms. The van der Waals surface area contributed by atoms with Gasteiger partial charge in [0, 0.05) is 0 Å². The molecule has 3 rings (SSSR count). The van der Waals surface area contributed by atoms with E-state index in [1.165, 1.54) is 11.8 Å². The van der Waals surface area contributed by atoms with Gasteiger partial charge in [-0.3, -0.25) is 4.79 Å². The number of nitrogens with one attached hydrogen (secondary N) is 1. The van der Waals surface area contributed by atoms with Crippen molar-refractivity contribution in [3.05, 3.63) is 77.5 Å². The van der Waals surface area contributed by atoms with Crippen LogP contribution in [0.3, 0.4) is 0 Å². The monoisotopic (exact) mass is 267 g/mol. The third-order valence-corrected chi connectivity index (χ3v) is 4.00. The first-order valence-electron chi connectivity index (χ1n) is 6.12. The molecule has 1 fully saturated rings. The second kappa shape index (κ2) is 5.33. The molecule has 0 amide bonds. The average Bonchev–Trinajstić information content (AvgIpc) is 2.82. The number of carbonyl (C=O) groups is 1. The quantitative estimate of drug-likeness (QED) is 0.843. The Morgan fingerprint density at radius 1 is 0.947 bits per heavy atom. The van der Waals surface area contributed by atoms with Crippen molar-refractivity contribution in [3.8, 4) is 0 Å². The van der Waals surface area contributed by atoms with E-state index in [-0.39, 0.29) is 10.5 Å². The number of benzene rings is 2. The molecule has 1 unspecified atom stereocenters. The SMILES string of the molecule is O=C1SC(c2ccccc2)NC1=Cc1ccccc1. The van der Waals surface area contributed by atoms with E-state index in [1.54, 1.807) is 0 Å². The molecule has 0 spiro atoms. The van der Waals surface area contributed by atoms with Crippen LogP contribution in [0.5, 0.6) is 0 Å². The summed E-state index contributed by atoms with van der Waals surface area (Å²) in [5, 5.41) is 3.39. The molecule has 1 aliphatic rings. The fourth-order valence-electron chi connectivity index (χ4n) is 2.00. The lowest BCUT2D eigenvalue weighted by molar-refractivity contribution is -0.107. The van der Waals surface area contributed by atoms with E-state index in [2.05, 4.69) is 5.32 Å². The highest BCUT2D eigenvalue weighted by Crippen LogP contribution is 2.35. The Morgan fingerprint density at radius 3 is 2.26 bits per heavy atom. The number of rotatable bonds is 2. The summed E-state index contributed by atoms with van der Waals surface area (Å²) in [7, 11) is 0. The van der Waals surface area contributed by atoms with E-state index in [4.69, 9.17) is 0 Å².